The van der Waals surface area contributed by atoms with Gasteiger partial charge in [-0.1, -0.05) is 0 Å². The molecule has 0 saturated carbocycles. The maximum atomic E-state index is 5.33. The van der Waals surface area contributed by atoms with Gasteiger partial charge in [0, 0.05) is 0 Å². The van der Waals surface area contributed by atoms with Gasteiger partial charge in [0.05, 0.1) is 0 Å². The maximum absolute atomic E-state index is 5.33. The second-order valence-corrected chi connectivity index (χ2v) is 2.82. The molecule has 1 aliphatic rings. The SMILES string of the molecule is [B]=CC.[B]=CN1CCN(C)CC1. The van der Waals surface area contributed by atoms with Gasteiger partial charge < -0.3 is 0 Å². The van der Waals surface area contributed by atoms with Crippen LogP contribution in [0.1, 0.15) is 6.92 Å². The molecule has 0 bridgehead atoms. The molecule has 0 spiro atoms. The van der Waals surface area contributed by atoms with Crippen LogP contribution in [0.25, 0.3) is 0 Å². The fraction of sp³-hybridized carbons (Fsp3) is 0.750. The molecule has 0 aromatic carbocycles. The fourth-order valence-corrected chi connectivity index (χ4v) is 0.971. The standard InChI is InChI=1S/C6H12BN2.C2H4B/c1-8-2-4-9(6-7)5-3-8;1-2-3/h6H,2-5H2,1H3;2H,1H3. The Labute approximate surface area is 77.7 Å². The van der Waals surface area contributed by atoms with Crippen molar-refractivity contribution in [1.29, 1.82) is 0 Å². The molecule has 64 valence electrons. The van der Waals surface area contributed by atoms with Crippen LogP contribution in [0.4, 0.5) is 0 Å². The molecule has 1 saturated heterocycles. The molecule has 1 fully saturated rings. The fourth-order valence-electron chi connectivity index (χ4n) is 0.971. The van der Waals surface area contributed by atoms with Gasteiger partial charge >= 0.3 is 77.0 Å². The summed E-state index contributed by atoms with van der Waals surface area (Å²) in [5.74, 6) is 1.50. The molecule has 4 heteroatoms. The van der Waals surface area contributed by atoms with Crippen LogP contribution in [0.15, 0.2) is 0 Å². The van der Waals surface area contributed by atoms with Crippen molar-refractivity contribution in [2.24, 2.45) is 0 Å². The Morgan fingerprint density at radius 1 is 1.08 bits per heavy atom. The molecule has 0 atom stereocenters. The summed E-state index contributed by atoms with van der Waals surface area (Å²) < 4.78 is 0. The summed E-state index contributed by atoms with van der Waals surface area (Å²) in [6.45, 7) is 6.20. The van der Waals surface area contributed by atoms with Gasteiger partial charge in [-0.25, -0.2) is 0 Å². The first-order valence-electron chi connectivity index (χ1n) is 4.21. The number of nitrogens with zero attached hydrogens (tertiary/aromatic N) is 2. The first-order chi connectivity index (χ1) is 5.74. The number of hydrogen-bond acceptors (Lipinski definition) is 2. The van der Waals surface area contributed by atoms with Gasteiger partial charge in [-0.05, 0) is 0 Å². The van der Waals surface area contributed by atoms with Crippen LogP contribution in [-0.4, -0.2) is 70.1 Å². The van der Waals surface area contributed by atoms with Crippen molar-refractivity contribution in [3.05, 3.63) is 0 Å². The van der Waals surface area contributed by atoms with E-state index < -0.39 is 0 Å². The summed E-state index contributed by atoms with van der Waals surface area (Å²) in [6.07, 6.45) is 1.67. The van der Waals surface area contributed by atoms with E-state index in [9.17, 15) is 0 Å². The third-order valence-electron chi connectivity index (χ3n) is 1.75. The quantitative estimate of drug-likeness (QED) is 0.462. The van der Waals surface area contributed by atoms with E-state index in [4.69, 9.17) is 15.0 Å². The van der Waals surface area contributed by atoms with Gasteiger partial charge in [-0.3, -0.25) is 0 Å². The monoisotopic (exact) mass is 162 g/mol. The molecule has 1 rings (SSSR count). The number of likely N-dealkylation sites (N-methyl/N-ethyl adjacent to an activating group) is 1. The number of rotatable bonds is 1. The van der Waals surface area contributed by atoms with Gasteiger partial charge in [0.1, 0.15) is 0 Å². The summed E-state index contributed by atoms with van der Waals surface area (Å²) in [4.78, 5) is 4.44. The molecule has 2 nitrogen and oxygen atoms in total. The average molecular weight is 162 g/mol. The predicted octanol–water partition coefficient (Wildman–Crippen LogP) is -0.861. The van der Waals surface area contributed by atoms with Crippen LogP contribution >= 0.6 is 0 Å². The molecule has 0 amide bonds. The van der Waals surface area contributed by atoms with Gasteiger partial charge in [-0.15, -0.1) is 0 Å². The first kappa shape index (κ1) is 11.6. The van der Waals surface area contributed by atoms with Crippen LogP contribution in [0.2, 0.25) is 0 Å². The summed E-state index contributed by atoms with van der Waals surface area (Å²) in [5.41, 5.74) is 0. The minimum absolute atomic E-state index is 1.08. The van der Waals surface area contributed by atoms with E-state index in [0.717, 1.165) is 26.2 Å². The Hall–Kier alpha value is -0.370. The normalized spacial score (nSPS) is 17.5. The molecule has 0 aromatic rings. The molecule has 0 unspecified atom stereocenters. The third kappa shape index (κ3) is 5.30. The zero-order chi connectivity index (χ0) is 9.40. The van der Waals surface area contributed by atoms with Crippen LogP contribution in [0.3, 0.4) is 0 Å². The van der Waals surface area contributed by atoms with E-state index in [1.54, 1.807) is 13.0 Å². The molecule has 0 aromatic heterocycles. The van der Waals surface area contributed by atoms with Gasteiger partial charge in [0.25, 0.3) is 0 Å². The van der Waals surface area contributed by atoms with Crippen LogP contribution in [-0.2, 0) is 0 Å². The second kappa shape index (κ2) is 7.29. The van der Waals surface area contributed by atoms with Gasteiger partial charge in [-0.2, -0.15) is 0 Å². The number of piperazine rings is 1. The second-order valence-electron chi connectivity index (χ2n) is 2.82. The zero-order valence-corrected chi connectivity index (χ0v) is 8.03. The van der Waals surface area contributed by atoms with Crippen molar-refractivity contribution in [1.82, 2.24) is 9.80 Å². The molecule has 0 aliphatic carbocycles. The van der Waals surface area contributed by atoms with E-state index in [1.165, 1.54) is 5.97 Å². The van der Waals surface area contributed by atoms with Crippen LogP contribution < -0.4 is 0 Å². The summed E-state index contributed by atoms with van der Waals surface area (Å²) in [5, 5.41) is 0. The summed E-state index contributed by atoms with van der Waals surface area (Å²) >= 11 is 0. The van der Waals surface area contributed by atoms with E-state index in [2.05, 4.69) is 16.8 Å². The Bertz CT molecular complexity index is 131. The van der Waals surface area contributed by atoms with Crippen molar-refractivity contribution in [2.75, 3.05) is 33.2 Å². The molecule has 2 radical (unpaired) electrons. The minimum atomic E-state index is 1.08. The molecular formula is C8H16B2N2. The van der Waals surface area contributed by atoms with Crippen molar-refractivity contribution < 1.29 is 0 Å². The predicted molar refractivity (Wildman–Crippen MR) is 58.4 cm³/mol. The average Bonchev–Trinajstić information content (AvgIpc) is 2.07. The molecule has 1 aliphatic heterocycles. The molecule has 0 N–H and O–H groups in total. The third-order valence-corrected chi connectivity index (χ3v) is 1.75. The van der Waals surface area contributed by atoms with Gasteiger partial charge in [0.2, 0.25) is 0 Å². The van der Waals surface area contributed by atoms with Gasteiger partial charge in [0.15, 0.2) is 0 Å². The Morgan fingerprint density at radius 3 is 1.83 bits per heavy atom. The van der Waals surface area contributed by atoms with Crippen molar-refractivity contribution >= 4 is 27.0 Å². The van der Waals surface area contributed by atoms with Crippen molar-refractivity contribution in [3.8, 4) is 0 Å². The summed E-state index contributed by atoms with van der Waals surface area (Å²) in [6, 6.07) is 0. The molecule has 1 heterocycles. The molecular weight excluding hydrogens is 146 g/mol. The van der Waals surface area contributed by atoms with E-state index in [0.29, 0.717) is 0 Å². The first-order valence-corrected chi connectivity index (χ1v) is 4.21. The number of hydrogen-bond donors (Lipinski definition) is 0. The summed E-state index contributed by atoms with van der Waals surface area (Å²) in [7, 11) is 12.2. The molecule has 12 heavy (non-hydrogen) atoms. The Balaban J connectivity index is 0.000000354. The van der Waals surface area contributed by atoms with Crippen molar-refractivity contribution in [3.63, 3.8) is 0 Å². The van der Waals surface area contributed by atoms with Crippen molar-refractivity contribution in [2.45, 2.75) is 6.92 Å². The van der Waals surface area contributed by atoms with Crippen LogP contribution in [0, 0.1) is 0 Å². The van der Waals surface area contributed by atoms with E-state index in [1.807, 2.05) is 0 Å². The van der Waals surface area contributed by atoms with Crippen LogP contribution in [0.5, 0.6) is 0 Å². The Morgan fingerprint density at radius 2 is 1.50 bits per heavy atom. The topological polar surface area (TPSA) is 6.48 Å². The zero-order valence-electron chi connectivity index (χ0n) is 8.03. The van der Waals surface area contributed by atoms with E-state index >= 15 is 0 Å². The Kier molecular flexibility index (Phi) is 7.06. The van der Waals surface area contributed by atoms with E-state index in [-0.39, 0.29) is 0 Å².